The third-order valence-corrected chi connectivity index (χ3v) is 6.55. The van der Waals surface area contributed by atoms with Crippen LogP contribution in [0.15, 0.2) is 73.2 Å². The van der Waals surface area contributed by atoms with Gasteiger partial charge in [-0.15, -0.1) is 0 Å². The van der Waals surface area contributed by atoms with E-state index in [1.54, 1.807) is 31.6 Å². The summed E-state index contributed by atoms with van der Waals surface area (Å²) in [5.41, 5.74) is 4.36. The largest absolute Gasteiger partial charge is 0.497 e. The van der Waals surface area contributed by atoms with Gasteiger partial charge < -0.3 is 23.7 Å². The van der Waals surface area contributed by atoms with Gasteiger partial charge in [0.2, 0.25) is 0 Å². The van der Waals surface area contributed by atoms with Gasteiger partial charge >= 0.3 is 5.97 Å². The molecule has 3 heterocycles. The van der Waals surface area contributed by atoms with Crippen molar-refractivity contribution >= 4 is 17.3 Å². The van der Waals surface area contributed by atoms with Crippen LogP contribution in [-0.2, 0) is 11.3 Å². The fourth-order valence-corrected chi connectivity index (χ4v) is 4.53. The van der Waals surface area contributed by atoms with Crippen LogP contribution < -0.4 is 14.4 Å². The Kier molecular flexibility index (Phi) is 6.58. The van der Waals surface area contributed by atoms with Crippen molar-refractivity contribution in [3.05, 3.63) is 84.3 Å². The molecule has 0 aliphatic carbocycles. The number of carbonyl (C=O) groups excluding carboxylic acids is 1. The normalized spacial score (nSPS) is 14.5. The highest BCUT2D eigenvalue weighted by atomic mass is 16.5. The topological polar surface area (TPSA) is 78.7 Å². The fraction of sp³-hybridized carbons (Fsp3) is 0.250. The first-order valence-corrected chi connectivity index (χ1v) is 11.8. The molecule has 0 saturated heterocycles. The van der Waals surface area contributed by atoms with Gasteiger partial charge in [0.1, 0.15) is 17.2 Å². The minimum atomic E-state index is -0.398. The number of hydrogen-bond acceptors (Lipinski definition) is 7. The molecule has 8 nitrogen and oxygen atoms in total. The molecule has 0 amide bonds. The maximum Gasteiger partial charge on any atom is 0.337 e. The molecule has 1 aliphatic rings. The summed E-state index contributed by atoms with van der Waals surface area (Å²) < 4.78 is 18.3. The van der Waals surface area contributed by atoms with E-state index in [1.807, 2.05) is 37.5 Å². The smallest absolute Gasteiger partial charge is 0.337 e. The second-order valence-electron chi connectivity index (χ2n) is 8.64. The number of nitrogens with zero attached hydrogens (tertiary/aromatic N) is 4. The van der Waals surface area contributed by atoms with E-state index in [1.165, 1.54) is 12.7 Å². The van der Waals surface area contributed by atoms with E-state index >= 15 is 0 Å². The summed E-state index contributed by atoms with van der Waals surface area (Å²) in [6.45, 7) is 1.37. The maximum atomic E-state index is 12.0. The Balaban J connectivity index is 1.38. The lowest BCUT2D eigenvalue weighted by Gasteiger charge is -2.29. The zero-order valence-electron chi connectivity index (χ0n) is 20.5. The van der Waals surface area contributed by atoms with Crippen molar-refractivity contribution < 1.29 is 19.0 Å². The number of ether oxygens (including phenoxy) is 3. The molecule has 1 unspecified atom stereocenters. The van der Waals surface area contributed by atoms with Crippen LogP contribution >= 0.6 is 0 Å². The van der Waals surface area contributed by atoms with E-state index in [4.69, 9.17) is 14.2 Å². The summed E-state index contributed by atoms with van der Waals surface area (Å²) in [6, 6.07) is 17.7. The molecule has 0 bridgehead atoms. The zero-order chi connectivity index (χ0) is 25.1. The summed E-state index contributed by atoms with van der Waals surface area (Å²) in [5.74, 6) is 2.30. The van der Waals surface area contributed by atoms with E-state index in [9.17, 15) is 4.79 Å². The third-order valence-electron chi connectivity index (χ3n) is 6.55. The van der Waals surface area contributed by atoms with E-state index in [0.717, 1.165) is 35.8 Å². The van der Waals surface area contributed by atoms with Crippen LogP contribution in [-0.4, -0.2) is 48.4 Å². The Bertz CT molecular complexity index is 1370. The van der Waals surface area contributed by atoms with Gasteiger partial charge in [0.05, 0.1) is 26.4 Å². The monoisotopic (exact) mass is 484 g/mol. The third kappa shape index (κ3) is 4.62. The van der Waals surface area contributed by atoms with Crippen LogP contribution in [0.1, 0.15) is 28.3 Å². The highest BCUT2D eigenvalue weighted by Gasteiger charge is 2.24. The van der Waals surface area contributed by atoms with Crippen molar-refractivity contribution in [3.8, 4) is 23.0 Å². The summed E-state index contributed by atoms with van der Waals surface area (Å²) in [5, 5.41) is 0. The number of aromatic nitrogens is 3. The summed E-state index contributed by atoms with van der Waals surface area (Å²) in [7, 11) is 5.07. The number of hydrogen-bond donors (Lipinski definition) is 0. The first-order valence-electron chi connectivity index (χ1n) is 11.8. The van der Waals surface area contributed by atoms with Gasteiger partial charge in [-0.2, -0.15) is 0 Å². The first kappa shape index (κ1) is 23.4. The van der Waals surface area contributed by atoms with E-state index in [2.05, 4.69) is 37.6 Å². The SMILES string of the molecule is COC(=O)c1ccnc(-c2nccn2CC2CCOc3cc(N(C)c4ccc(OC)cc4)ccc32)c1. The molecule has 184 valence electrons. The zero-order valence-corrected chi connectivity index (χ0v) is 20.5. The number of rotatable bonds is 7. The molecule has 0 saturated carbocycles. The minimum Gasteiger partial charge on any atom is -0.497 e. The molecule has 1 atom stereocenters. The quantitative estimate of drug-likeness (QED) is 0.339. The van der Waals surface area contributed by atoms with E-state index in [-0.39, 0.29) is 5.92 Å². The molecular weight excluding hydrogens is 456 g/mol. The van der Waals surface area contributed by atoms with Crippen molar-refractivity contribution in [2.45, 2.75) is 18.9 Å². The highest BCUT2D eigenvalue weighted by Crippen LogP contribution is 2.39. The number of pyridine rings is 1. The average molecular weight is 485 g/mol. The van der Waals surface area contributed by atoms with E-state index < -0.39 is 5.97 Å². The molecule has 0 radical (unpaired) electrons. The molecule has 0 fully saturated rings. The second-order valence-corrected chi connectivity index (χ2v) is 8.64. The van der Waals surface area contributed by atoms with Crippen LogP contribution in [0.5, 0.6) is 11.5 Å². The molecule has 2 aromatic heterocycles. The van der Waals surface area contributed by atoms with Gasteiger partial charge in [-0.3, -0.25) is 4.98 Å². The predicted octanol–water partition coefficient (Wildman–Crippen LogP) is 5.07. The average Bonchev–Trinajstić information content (AvgIpc) is 3.40. The lowest BCUT2D eigenvalue weighted by molar-refractivity contribution is 0.0600. The minimum absolute atomic E-state index is 0.255. The van der Waals surface area contributed by atoms with Crippen LogP contribution in [0.25, 0.3) is 11.5 Å². The van der Waals surface area contributed by atoms with Crippen molar-refractivity contribution in [2.75, 3.05) is 32.8 Å². The molecule has 0 spiro atoms. The first-order chi connectivity index (χ1) is 17.6. The second kappa shape index (κ2) is 10.1. The number of imidazole rings is 1. The molecule has 0 N–H and O–H groups in total. The van der Waals surface area contributed by atoms with Gasteiger partial charge in [0.25, 0.3) is 0 Å². The highest BCUT2D eigenvalue weighted by molar-refractivity contribution is 5.90. The summed E-state index contributed by atoms with van der Waals surface area (Å²) >= 11 is 0. The van der Waals surface area contributed by atoms with Gasteiger partial charge in [0, 0.05) is 55.5 Å². The molecule has 36 heavy (non-hydrogen) atoms. The summed E-state index contributed by atoms with van der Waals surface area (Å²) in [4.78, 5) is 23.1. The summed E-state index contributed by atoms with van der Waals surface area (Å²) in [6.07, 6.45) is 6.21. The number of benzene rings is 2. The van der Waals surface area contributed by atoms with Gasteiger partial charge in [-0.1, -0.05) is 6.07 Å². The Morgan fingerprint density at radius 1 is 1.06 bits per heavy atom. The lowest BCUT2D eigenvalue weighted by atomic mass is 9.92. The number of anilines is 2. The van der Waals surface area contributed by atoms with Crippen LogP contribution in [0.3, 0.4) is 0 Å². The van der Waals surface area contributed by atoms with E-state index in [0.29, 0.717) is 23.7 Å². The molecule has 5 rings (SSSR count). The predicted molar refractivity (Wildman–Crippen MR) is 137 cm³/mol. The molecule has 4 aromatic rings. The van der Waals surface area contributed by atoms with Crippen LogP contribution in [0.2, 0.25) is 0 Å². The Morgan fingerprint density at radius 2 is 1.86 bits per heavy atom. The standard InChI is InChI=1S/C28H28N4O4/c1-31(21-4-7-23(34-2)8-5-21)22-6-9-24-20(11-15-36-26(24)17-22)18-32-14-13-30-27(32)25-16-19(10-12-29-25)28(33)35-3/h4-10,12-14,16-17,20H,11,15,18H2,1-3H3. The van der Waals surface area contributed by atoms with Crippen molar-refractivity contribution in [1.82, 2.24) is 14.5 Å². The number of esters is 1. The maximum absolute atomic E-state index is 12.0. The number of carbonyl (C=O) groups is 1. The van der Waals surface area contributed by atoms with Crippen molar-refractivity contribution in [3.63, 3.8) is 0 Å². The van der Waals surface area contributed by atoms with Gasteiger partial charge in [-0.05, 0) is 54.4 Å². The number of fused-ring (bicyclic) bond motifs is 1. The molecule has 1 aliphatic heterocycles. The van der Waals surface area contributed by atoms with Gasteiger partial charge in [-0.25, -0.2) is 9.78 Å². The van der Waals surface area contributed by atoms with Gasteiger partial charge in [0.15, 0.2) is 5.82 Å². The van der Waals surface area contributed by atoms with Crippen LogP contribution in [0, 0.1) is 0 Å². The fourth-order valence-electron chi connectivity index (χ4n) is 4.53. The Morgan fingerprint density at radius 3 is 2.64 bits per heavy atom. The van der Waals surface area contributed by atoms with Crippen molar-refractivity contribution in [2.24, 2.45) is 0 Å². The molecular formula is C28H28N4O4. The molecule has 8 heteroatoms. The van der Waals surface area contributed by atoms with Crippen LogP contribution in [0.4, 0.5) is 11.4 Å². The number of methoxy groups -OCH3 is 2. The van der Waals surface area contributed by atoms with Crippen molar-refractivity contribution in [1.29, 1.82) is 0 Å². The molecule has 2 aromatic carbocycles. The Hall–Kier alpha value is -4.33. The lowest BCUT2D eigenvalue weighted by Crippen LogP contribution is -2.19. The Labute approximate surface area is 210 Å².